The molecule has 0 aliphatic heterocycles. The SMILES string of the molecule is CN(c1ccccc1)S(=O)(=O)c1cccc(NCc2nc(-c3ccc(Cl)cc3)no2)c1. The van der Waals surface area contributed by atoms with Gasteiger partial charge in [-0.2, -0.15) is 4.98 Å². The molecule has 0 unspecified atom stereocenters. The van der Waals surface area contributed by atoms with Gasteiger partial charge in [0.1, 0.15) is 0 Å². The molecule has 1 aromatic heterocycles. The second-order valence-electron chi connectivity index (χ2n) is 6.71. The fourth-order valence-corrected chi connectivity index (χ4v) is 4.29. The zero-order valence-corrected chi connectivity index (χ0v) is 18.1. The maximum absolute atomic E-state index is 13.0. The Hall–Kier alpha value is -3.36. The van der Waals surface area contributed by atoms with Crippen LogP contribution in [0.5, 0.6) is 0 Å². The summed E-state index contributed by atoms with van der Waals surface area (Å²) in [6.45, 7) is 0.249. The van der Waals surface area contributed by atoms with Crippen molar-refractivity contribution in [3.63, 3.8) is 0 Å². The molecule has 0 aliphatic carbocycles. The molecule has 4 aromatic rings. The zero-order valence-electron chi connectivity index (χ0n) is 16.6. The number of benzene rings is 3. The highest BCUT2D eigenvalue weighted by molar-refractivity contribution is 7.92. The van der Waals surface area contributed by atoms with E-state index >= 15 is 0 Å². The van der Waals surface area contributed by atoms with Crippen LogP contribution in [0, 0.1) is 0 Å². The van der Waals surface area contributed by atoms with Crippen LogP contribution in [0.25, 0.3) is 11.4 Å². The van der Waals surface area contributed by atoms with Gasteiger partial charge in [-0.3, -0.25) is 4.31 Å². The van der Waals surface area contributed by atoms with Crippen LogP contribution in [0.4, 0.5) is 11.4 Å². The van der Waals surface area contributed by atoms with E-state index in [1.165, 1.54) is 11.4 Å². The molecular weight excluding hydrogens is 436 g/mol. The highest BCUT2D eigenvalue weighted by Crippen LogP contribution is 2.24. The van der Waals surface area contributed by atoms with Gasteiger partial charge in [0.15, 0.2) is 0 Å². The molecule has 1 heterocycles. The molecule has 7 nitrogen and oxygen atoms in total. The number of para-hydroxylation sites is 1. The summed E-state index contributed by atoms with van der Waals surface area (Å²) in [5, 5.41) is 7.72. The Morgan fingerprint density at radius 2 is 1.74 bits per heavy atom. The van der Waals surface area contributed by atoms with E-state index in [9.17, 15) is 8.42 Å². The molecule has 0 atom stereocenters. The molecule has 0 saturated carbocycles. The van der Waals surface area contributed by atoms with Crippen LogP contribution >= 0.6 is 11.6 Å². The van der Waals surface area contributed by atoms with Crippen molar-refractivity contribution in [1.29, 1.82) is 0 Å². The van der Waals surface area contributed by atoms with Crippen molar-refractivity contribution in [2.75, 3.05) is 16.7 Å². The number of anilines is 2. The van der Waals surface area contributed by atoms with Crippen molar-refractivity contribution in [2.24, 2.45) is 0 Å². The Morgan fingerprint density at radius 3 is 2.48 bits per heavy atom. The van der Waals surface area contributed by atoms with E-state index in [0.29, 0.717) is 28.1 Å². The number of rotatable bonds is 7. The monoisotopic (exact) mass is 454 g/mol. The second-order valence-corrected chi connectivity index (χ2v) is 9.11. The van der Waals surface area contributed by atoms with Gasteiger partial charge >= 0.3 is 0 Å². The van der Waals surface area contributed by atoms with Crippen LogP contribution in [-0.2, 0) is 16.6 Å². The van der Waals surface area contributed by atoms with Crippen molar-refractivity contribution in [1.82, 2.24) is 10.1 Å². The van der Waals surface area contributed by atoms with Gasteiger partial charge in [-0.1, -0.05) is 41.0 Å². The summed E-state index contributed by atoms with van der Waals surface area (Å²) < 4.78 is 32.5. The lowest BCUT2D eigenvalue weighted by molar-refractivity contribution is 0.384. The van der Waals surface area contributed by atoms with Crippen LogP contribution in [0.1, 0.15) is 5.89 Å². The molecule has 4 rings (SSSR count). The molecule has 1 N–H and O–H groups in total. The van der Waals surface area contributed by atoms with E-state index in [1.54, 1.807) is 60.7 Å². The highest BCUT2D eigenvalue weighted by atomic mass is 35.5. The van der Waals surface area contributed by atoms with Crippen LogP contribution in [-0.4, -0.2) is 25.6 Å². The Balaban J connectivity index is 1.47. The van der Waals surface area contributed by atoms with Crippen LogP contribution < -0.4 is 9.62 Å². The first-order valence-corrected chi connectivity index (χ1v) is 11.2. The average molecular weight is 455 g/mol. The normalized spacial score (nSPS) is 11.3. The molecule has 0 spiro atoms. The molecule has 9 heteroatoms. The fourth-order valence-electron chi connectivity index (χ4n) is 2.92. The van der Waals surface area contributed by atoms with E-state index in [0.717, 1.165) is 5.56 Å². The van der Waals surface area contributed by atoms with Gasteiger partial charge in [0, 0.05) is 23.3 Å². The smallest absolute Gasteiger partial charge is 0.264 e. The number of halogens is 1. The third-order valence-electron chi connectivity index (χ3n) is 4.63. The standard InChI is InChI=1S/C22H19ClN4O3S/c1-27(19-7-3-2-4-8-19)31(28,29)20-9-5-6-18(14-20)24-15-21-25-22(26-30-21)16-10-12-17(23)13-11-16/h2-14,24H,15H2,1H3. The van der Waals surface area contributed by atoms with Gasteiger partial charge in [0.05, 0.1) is 17.1 Å². The molecule has 0 amide bonds. The minimum Gasteiger partial charge on any atom is -0.376 e. The first-order chi connectivity index (χ1) is 14.9. The van der Waals surface area contributed by atoms with Crippen LogP contribution in [0.2, 0.25) is 5.02 Å². The average Bonchev–Trinajstić information content (AvgIpc) is 3.27. The Labute approximate surface area is 185 Å². The maximum Gasteiger partial charge on any atom is 0.264 e. The largest absolute Gasteiger partial charge is 0.376 e. The fraction of sp³-hybridized carbons (Fsp3) is 0.0909. The lowest BCUT2D eigenvalue weighted by atomic mass is 10.2. The molecule has 31 heavy (non-hydrogen) atoms. The van der Waals surface area contributed by atoms with E-state index < -0.39 is 10.0 Å². The molecule has 158 valence electrons. The molecule has 0 saturated heterocycles. The summed E-state index contributed by atoms with van der Waals surface area (Å²) in [6, 6.07) is 22.6. The van der Waals surface area contributed by atoms with Gasteiger partial charge in [-0.25, -0.2) is 8.42 Å². The molecular formula is C22H19ClN4O3S. The predicted molar refractivity (Wildman–Crippen MR) is 121 cm³/mol. The van der Waals surface area contributed by atoms with E-state index in [-0.39, 0.29) is 11.4 Å². The highest BCUT2D eigenvalue weighted by Gasteiger charge is 2.21. The molecule has 0 aliphatic rings. The lowest BCUT2D eigenvalue weighted by Gasteiger charge is -2.19. The lowest BCUT2D eigenvalue weighted by Crippen LogP contribution is -2.26. The third kappa shape index (κ3) is 4.70. The first-order valence-electron chi connectivity index (χ1n) is 9.40. The minimum atomic E-state index is -3.70. The zero-order chi connectivity index (χ0) is 21.8. The van der Waals surface area contributed by atoms with Gasteiger partial charge in [-0.15, -0.1) is 0 Å². The van der Waals surface area contributed by atoms with E-state index in [1.807, 2.05) is 18.2 Å². The Bertz CT molecular complexity index is 1280. The second kappa shape index (κ2) is 8.79. The summed E-state index contributed by atoms with van der Waals surface area (Å²) in [7, 11) is -2.17. The van der Waals surface area contributed by atoms with Crippen LogP contribution in [0.15, 0.2) is 88.3 Å². The summed E-state index contributed by atoms with van der Waals surface area (Å²) in [5.41, 5.74) is 1.99. The molecule has 0 radical (unpaired) electrons. The van der Waals surface area contributed by atoms with Crippen molar-refractivity contribution < 1.29 is 12.9 Å². The number of nitrogens with one attached hydrogen (secondary N) is 1. The molecule has 0 bridgehead atoms. The van der Waals surface area contributed by atoms with Crippen molar-refractivity contribution in [3.8, 4) is 11.4 Å². The van der Waals surface area contributed by atoms with Crippen LogP contribution in [0.3, 0.4) is 0 Å². The first kappa shape index (κ1) is 20.9. The number of sulfonamides is 1. The Morgan fingerprint density at radius 1 is 1.00 bits per heavy atom. The molecule has 0 fully saturated rings. The third-order valence-corrected chi connectivity index (χ3v) is 6.66. The molecule has 3 aromatic carbocycles. The number of hydrogen-bond donors (Lipinski definition) is 1. The van der Waals surface area contributed by atoms with Crippen molar-refractivity contribution in [2.45, 2.75) is 11.4 Å². The number of hydrogen-bond acceptors (Lipinski definition) is 6. The Kier molecular flexibility index (Phi) is 5.92. The summed E-state index contributed by atoms with van der Waals surface area (Å²) in [4.78, 5) is 4.53. The minimum absolute atomic E-state index is 0.177. The van der Waals surface area contributed by atoms with Crippen molar-refractivity contribution in [3.05, 3.63) is 89.8 Å². The van der Waals surface area contributed by atoms with E-state index in [2.05, 4.69) is 15.5 Å². The van der Waals surface area contributed by atoms with E-state index in [4.69, 9.17) is 16.1 Å². The van der Waals surface area contributed by atoms with Gasteiger partial charge in [0.2, 0.25) is 11.7 Å². The predicted octanol–water partition coefficient (Wildman–Crippen LogP) is 4.83. The quantitative estimate of drug-likeness (QED) is 0.430. The summed E-state index contributed by atoms with van der Waals surface area (Å²) >= 11 is 5.90. The van der Waals surface area contributed by atoms with Gasteiger partial charge in [0.25, 0.3) is 10.0 Å². The topological polar surface area (TPSA) is 88.3 Å². The summed E-state index contributed by atoms with van der Waals surface area (Å²) in [5.74, 6) is 0.828. The number of aromatic nitrogens is 2. The van der Waals surface area contributed by atoms with Gasteiger partial charge in [-0.05, 0) is 54.6 Å². The number of nitrogens with zero attached hydrogens (tertiary/aromatic N) is 3. The van der Waals surface area contributed by atoms with Crippen molar-refractivity contribution >= 4 is 33.0 Å². The summed E-state index contributed by atoms with van der Waals surface area (Å²) in [6.07, 6.45) is 0. The van der Waals surface area contributed by atoms with Gasteiger partial charge < -0.3 is 9.84 Å². The maximum atomic E-state index is 13.0.